The van der Waals surface area contributed by atoms with Gasteiger partial charge in [-0.25, -0.2) is 0 Å². The summed E-state index contributed by atoms with van der Waals surface area (Å²) in [5, 5.41) is 4.66. The Labute approximate surface area is 128 Å². The molecule has 0 spiro atoms. The molecule has 0 saturated heterocycles. The standard InChI is InChI=1S/C18H26ClN/c1-12-3-5-15(11-20-16-7-8-16)17(9-12)14-6-4-13(2)18(19)10-14/h4,6,10,12,15-17,20H,3,5,7-9,11H2,1-2H3. The first-order chi connectivity index (χ1) is 9.63. The molecular formula is C18H26ClN. The second kappa shape index (κ2) is 6.07. The van der Waals surface area contributed by atoms with Crippen LogP contribution in [0.2, 0.25) is 5.02 Å². The maximum absolute atomic E-state index is 6.34. The van der Waals surface area contributed by atoms with Gasteiger partial charge in [-0.15, -0.1) is 0 Å². The Bertz CT molecular complexity index is 466. The average Bonchev–Trinajstić information content (AvgIpc) is 3.24. The number of nitrogens with one attached hydrogen (secondary N) is 1. The third kappa shape index (κ3) is 3.38. The summed E-state index contributed by atoms with van der Waals surface area (Å²) in [5.74, 6) is 2.31. The maximum atomic E-state index is 6.34. The summed E-state index contributed by atoms with van der Waals surface area (Å²) in [6.45, 7) is 5.67. The van der Waals surface area contributed by atoms with Crippen LogP contribution in [0.4, 0.5) is 0 Å². The van der Waals surface area contributed by atoms with Crippen LogP contribution in [0.25, 0.3) is 0 Å². The number of halogens is 1. The lowest BCUT2D eigenvalue weighted by atomic mass is 9.71. The Morgan fingerprint density at radius 2 is 2.00 bits per heavy atom. The zero-order valence-corrected chi connectivity index (χ0v) is 13.4. The van der Waals surface area contributed by atoms with E-state index in [-0.39, 0.29) is 0 Å². The Balaban J connectivity index is 1.75. The Hall–Kier alpha value is -0.530. The summed E-state index contributed by atoms with van der Waals surface area (Å²) in [6.07, 6.45) is 6.81. The van der Waals surface area contributed by atoms with Gasteiger partial charge in [-0.3, -0.25) is 0 Å². The molecule has 2 aliphatic rings. The molecule has 0 aromatic heterocycles. The highest BCUT2D eigenvalue weighted by Crippen LogP contribution is 2.41. The second-order valence-electron chi connectivity index (χ2n) is 6.98. The van der Waals surface area contributed by atoms with Gasteiger partial charge in [0.1, 0.15) is 0 Å². The van der Waals surface area contributed by atoms with Crippen molar-refractivity contribution in [1.29, 1.82) is 0 Å². The molecule has 1 aromatic rings. The number of hydrogen-bond acceptors (Lipinski definition) is 1. The smallest absolute Gasteiger partial charge is 0.0438 e. The summed E-state index contributed by atoms with van der Waals surface area (Å²) in [5.41, 5.74) is 2.64. The first-order valence-corrected chi connectivity index (χ1v) is 8.50. The quantitative estimate of drug-likeness (QED) is 0.830. The summed E-state index contributed by atoms with van der Waals surface area (Å²) in [4.78, 5) is 0. The fraction of sp³-hybridized carbons (Fsp3) is 0.667. The van der Waals surface area contributed by atoms with Crippen molar-refractivity contribution in [1.82, 2.24) is 5.32 Å². The van der Waals surface area contributed by atoms with Gasteiger partial charge in [0, 0.05) is 11.1 Å². The lowest BCUT2D eigenvalue weighted by Gasteiger charge is -2.35. The molecule has 3 atom stereocenters. The lowest BCUT2D eigenvalue weighted by molar-refractivity contribution is 0.241. The predicted octanol–water partition coefficient (Wildman–Crippen LogP) is 4.92. The average molecular weight is 292 g/mol. The zero-order chi connectivity index (χ0) is 14.1. The van der Waals surface area contributed by atoms with Crippen LogP contribution in [0.3, 0.4) is 0 Å². The van der Waals surface area contributed by atoms with Gasteiger partial charge in [0.2, 0.25) is 0 Å². The first-order valence-electron chi connectivity index (χ1n) is 8.13. The number of rotatable bonds is 4. The molecule has 3 unspecified atom stereocenters. The third-order valence-electron chi connectivity index (χ3n) is 5.13. The fourth-order valence-electron chi connectivity index (χ4n) is 3.54. The molecule has 2 heteroatoms. The van der Waals surface area contributed by atoms with Crippen LogP contribution in [0.1, 0.15) is 56.1 Å². The van der Waals surface area contributed by atoms with E-state index in [1.165, 1.54) is 49.8 Å². The van der Waals surface area contributed by atoms with E-state index < -0.39 is 0 Å². The highest BCUT2D eigenvalue weighted by molar-refractivity contribution is 6.31. The Morgan fingerprint density at radius 1 is 1.20 bits per heavy atom. The van der Waals surface area contributed by atoms with Crippen molar-refractivity contribution in [2.24, 2.45) is 11.8 Å². The molecule has 0 aliphatic heterocycles. The van der Waals surface area contributed by atoms with E-state index >= 15 is 0 Å². The van der Waals surface area contributed by atoms with Crippen LogP contribution < -0.4 is 5.32 Å². The van der Waals surface area contributed by atoms with E-state index in [2.05, 4.69) is 37.4 Å². The molecule has 1 N–H and O–H groups in total. The minimum atomic E-state index is 0.683. The lowest BCUT2D eigenvalue weighted by Crippen LogP contribution is -2.32. The SMILES string of the molecule is Cc1ccc(C2CC(C)CCC2CNC2CC2)cc1Cl. The molecule has 20 heavy (non-hydrogen) atoms. The molecule has 0 bridgehead atoms. The molecule has 3 rings (SSSR count). The van der Waals surface area contributed by atoms with Crippen LogP contribution in [-0.2, 0) is 0 Å². The van der Waals surface area contributed by atoms with E-state index in [4.69, 9.17) is 11.6 Å². The Kier molecular flexibility index (Phi) is 4.37. The van der Waals surface area contributed by atoms with E-state index in [1.54, 1.807) is 0 Å². The van der Waals surface area contributed by atoms with Crippen molar-refractivity contribution in [2.75, 3.05) is 6.54 Å². The topological polar surface area (TPSA) is 12.0 Å². The van der Waals surface area contributed by atoms with Crippen LogP contribution in [0.15, 0.2) is 18.2 Å². The summed E-state index contributed by atoms with van der Waals surface area (Å²) in [6, 6.07) is 7.51. The van der Waals surface area contributed by atoms with Gasteiger partial charge in [0.05, 0.1) is 0 Å². The Morgan fingerprint density at radius 3 is 2.70 bits per heavy atom. The molecule has 0 radical (unpaired) electrons. The maximum Gasteiger partial charge on any atom is 0.0438 e. The summed E-state index contributed by atoms with van der Waals surface area (Å²) < 4.78 is 0. The second-order valence-corrected chi connectivity index (χ2v) is 7.38. The first kappa shape index (κ1) is 14.4. The van der Waals surface area contributed by atoms with E-state index in [9.17, 15) is 0 Å². The van der Waals surface area contributed by atoms with Crippen molar-refractivity contribution < 1.29 is 0 Å². The molecule has 2 aliphatic carbocycles. The molecule has 1 aromatic carbocycles. The summed E-state index contributed by atoms with van der Waals surface area (Å²) >= 11 is 6.34. The fourth-order valence-corrected chi connectivity index (χ4v) is 3.73. The van der Waals surface area contributed by atoms with E-state index in [1.807, 2.05) is 0 Å². The van der Waals surface area contributed by atoms with Gasteiger partial charge >= 0.3 is 0 Å². The van der Waals surface area contributed by atoms with E-state index in [0.717, 1.165) is 22.9 Å². The molecule has 0 heterocycles. The minimum Gasteiger partial charge on any atom is -0.314 e. The summed E-state index contributed by atoms with van der Waals surface area (Å²) in [7, 11) is 0. The van der Waals surface area contributed by atoms with Gasteiger partial charge < -0.3 is 5.32 Å². The number of aryl methyl sites for hydroxylation is 1. The third-order valence-corrected chi connectivity index (χ3v) is 5.53. The number of benzene rings is 1. The molecule has 1 nitrogen and oxygen atoms in total. The highest BCUT2D eigenvalue weighted by atomic mass is 35.5. The molecule has 110 valence electrons. The zero-order valence-electron chi connectivity index (χ0n) is 12.7. The molecular weight excluding hydrogens is 266 g/mol. The van der Waals surface area contributed by atoms with Gasteiger partial charge in [-0.2, -0.15) is 0 Å². The molecule has 2 saturated carbocycles. The van der Waals surface area contributed by atoms with Gasteiger partial charge in [0.15, 0.2) is 0 Å². The largest absolute Gasteiger partial charge is 0.314 e. The van der Waals surface area contributed by atoms with Gasteiger partial charge in [-0.1, -0.05) is 37.1 Å². The van der Waals surface area contributed by atoms with Crippen LogP contribution in [0, 0.1) is 18.8 Å². The van der Waals surface area contributed by atoms with Crippen LogP contribution >= 0.6 is 11.6 Å². The van der Waals surface area contributed by atoms with Crippen molar-refractivity contribution in [3.63, 3.8) is 0 Å². The van der Waals surface area contributed by atoms with Crippen molar-refractivity contribution in [2.45, 2.75) is 57.9 Å². The predicted molar refractivity (Wildman–Crippen MR) is 86.5 cm³/mol. The van der Waals surface area contributed by atoms with Gasteiger partial charge in [-0.05, 0) is 74.1 Å². The van der Waals surface area contributed by atoms with Crippen molar-refractivity contribution in [3.05, 3.63) is 34.3 Å². The van der Waals surface area contributed by atoms with Gasteiger partial charge in [0.25, 0.3) is 0 Å². The highest BCUT2D eigenvalue weighted by Gasteiger charge is 2.31. The normalized spacial score (nSPS) is 30.4. The van der Waals surface area contributed by atoms with Crippen molar-refractivity contribution >= 4 is 11.6 Å². The number of hydrogen-bond donors (Lipinski definition) is 1. The van der Waals surface area contributed by atoms with Crippen LogP contribution in [-0.4, -0.2) is 12.6 Å². The van der Waals surface area contributed by atoms with Crippen molar-refractivity contribution in [3.8, 4) is 0 Å². The monoisotopic (exact) mass is 291 g/mol. The molecule has 0 amide bonds. The van der Waals surface area contributed by atoms with E-state index in [0.29, 0.717) is 5.92 Å². The molecule has 2 fully saturated rings. The minimum absolute atomic E-state index is 0.683. The van der Waals surface area contributed by atoms with Crippen LogP contribution in [0.5, 0.6) is 0 Å².